The lowest BCUT2D eigenvalue weighted by Gasteiger charge is -2.26. The summed E-state index contributed by atoms with van der Waals surface area (Å²) in [6.45, 7) is 2.38. The molecule has 0 saturated carbocycles. The minimum absolute atomic E-state index is 0.0110. The van der Waals surface area contributed by atoms with E-state index in [1.165, 1.54) is 12.4 Å². The van der Waals surface area contributed by atoms with E-state index in [4.69, 9.17) is 4.74 Å². The van der Waals surface area contributed by atoms with E-state index in [1.54, 1.807) is 15.6 Å². The summed E-state index contributed by atoms with van der Waals surface area (Å²) in [4.78, 5) is 33.1. The number of nitrogens with zero attached hydrogens (tertiary/aromatic N) is 4. The summed E-state index contributed by atoms with van der Waals surface area (Å²) in [5.74, 6) is 0.0110. The maximum atomic E-state index is 12.6. The highest BCUT2D eigenvalue weighted by Crippen LogP contribution is 2.26. The van der Waals surface area contributed by atoms with E-state index < -0.39 is 0 Å². The first-order valence-corrected chi connectivity index (χ1v) is 9.95. The molecule has 31 heavy (non-hydrogen) atoms. The first kappa shape index (κ1) is 19.0. The van der Waals surface area contributed by atoms with Crippen molar-refractivity contribution in [1.82, 2.24) is 24.5 Å². The van der Waals surface area contributed by atoms with E-state index in [2.05, 4.69) is 20.4 Å². The average molecular weight is 416 g/mol. The molecule has 3 aromatic heterocycles. The number of amides is 1. The van der Waals surface area contributed by atoms with Gasteiger partial charge in [0.25, 0.3) is 5.91 Å². The van der Waals surface area contributed by atoms with Crippen LogP contribution in [0.25, 0.3) is 16.9 Å². The van der Waals surface area contributed by atoms with Gasteiger partial charge < -0.3 is 19.9 Å². The lowest BCUT2D eigenvalue weighted by Crippen LogP contribution is -2.40. The lowest BCUT2D eigenvalue weighted by atomic mass is 10.1. The minimum Gasteiger partial charge on any atom is -0.378 e. The van der Waals surface area contributed by atoms with E-state index >= 15 is 0 Å². The molecule has 4 aromatic rings. The number of pyridine rings is 2. The molecule has 0 spiro atoms. The fraction of sp³-hybridized carbons (Fsp3) is 0.182. The van der Waals surface area contributed by atoms with Crippen LogP contribution >= 0.6 is 0 Å². The maximum Gasteiger partial charge on any atom is 0.254 e. The maximum absolute atomic E-state index is 12.6. The van der Waals surface area contributed by atoms with Gasteiger partial charge in [-0.15, -0.1) is 0 Å². The van der Waals surface area contributed by atoms with Crippen molar-refractivity contribution in [2.75, 3.05) is 31.6 Å². The van der Waals surface area contributed by atoms with E-state index in [9.17, 15) is 9.59 Å². The molecule has 1 aromatic carbocycles. The Morgan fingerprint density at radius 3 is 2.65 bits per heavy atom. The number of ether oxygens (including phenoxy) is 1. The standard InChI is InChI=1S/C22H20N6O3/c29-20-13-16(7-8-23-20)19-6-5-18(21-24-14-25-28(19)21)26-17-3-1-15(2-4-17)22(30)27-9-11-31-12-10-27/h1-8,13-14,26H,9-12H2,(H,23,29). The third-order valence-electron chi connectivity index (χ3n) is 5.20. The number of hydrogen-bond donors (Lipinski definition) is 2. The number of nitrogens with one attached hydrogen (secondary N) is 2. The normalized spacial score (nSPS) is 14.0. The lowest BCUT2D eigenvalue weighted by molar-refractivity contribution is 0.0303. The predicted octanol–water partition coefficient (Wildman–Crippen LogP) is 2.30. The molecule has 9 heteroatoms. The third-order valence-corrected chi connectivity index (χ3v) is 5.20. The van der Waals surface area contributed by atoms with Gasteiger partial charge in [0.2, 0.25) is 5.56 Å². The zero-order valence-corrected chi connectivity index (χ0v) is 16.6. The second kappa shape index (κ2) is 8.04. The molecule has 1 aliphatic rings. The van der Waals surface area contributed by atoms with Gasteiger partial charge in [0.15, 0.2) is 5.65 Å². The van der Waals surface area contributed by atoms with E-state index in [-0.39, 0.29) is 11.5 Å². The summed E-state index contributed by atoms with van der Waals surface area (Å²) in [5, 5.41) is 7.64. The molecule has 0 radical (unpaired) electrons. The molecule has 1 saturated heterocycles. The molecular formula is C22H20N6O3. The Labute approximate surface area is 177 Å². The van der Waals surface area contributed by atoms with Crippen LogP contribution in [0.4, 0.5) is 11.4 Å². The number of morpholine rings is 1. The molecule has 9 nitrogen and oxygen atoms in total. The van der Waals surface area contributed by atoms with Crippen LogP contribution in [0.15, 0.2) is 65.8 Å². The van der Waals surface area contributed by atoms with Crippen molar-refractivity contribution in [2.45, 2.75) is 0 Å². The molecule has 0 aliphatic carbocycles. The van der Waals surface area contributed by atoms with Crippen LogP contribution in [-0.2, 0) is 4.74 Å². The quantitative estimate of drug-likeness (QED) is 0.529. The van der Waals surface area contributed by atoms with Crippen LogP contribution in [0.2, 0.25) is 0 Å². The number of aromatic amines is 1. The molecule has 0 unspecified atom stereocenters. The Bertz CT molecular complexity index is 1290. The monoisotopic (exact) mass is 416 g/mol. The fourth-order valence-electron chi connectivity index (χ4n) is 3.63. The Morgan fingerprint density at radius 1 is 1.06 bits per heavy atom. The van der Waals surface area contributed by atoms with Crippen molar-refractivity contribution in [2.24, 2.45) is 0 Å². The van der Waals surface area contributed by atoms with Crippen LogP contribution in [0, 0.1) is 0 Å². The molecule has 5 rings (SSSR count). The van der Waals surface area contributed by atoms with Crippen molar-refractivity contribution in [3.63, 3.8) is 0 Å². The van der Waals surface area contributed by atoms with Crippen molar-refractivity contribution >= 4 is 22.9 Å². The van der Waals surface area contributed by atoms with Gasteiger partial charge in [-0.1, -0.05) is 0 Å². The van der Waals surface area contributed by atoms with Gasteiger partial charge in [-0.05, 0) is 42.5 Å². The summed E-state index contributed by atoms with van der Waals surface area (Å²) in [6.07, 6.45) is 3.08. The summed E-state index contributed by atoms with van der Waals surface area (Å²) in [7, 11) is 0. The van der Waals surface area contributed by atoms with Crippen LogP contribution in [0.1, 0.15) is 10.4 Å². The predicted molar refractivity (Wildman–Crippen MR) is 115 cm³/mol. The van der Waals surface area contributed by atoms with Crippen molar-refractivity contribution in [3.05, 3.63) is 77.0 Å². The Balaban J connectivity index is 1.40. The van der Waals surface area contributed by atoms with Crippen LogP contribution in [-0.4, -0.2) is 56.7 Å². The van der Waals surface area contributed by atoms with Crippen LogP contribution < -0.4 is 10.9 Å². The van der Waals surface area contributed by atoms with Crippen LogP contribution in [0.5, 0.6) is 0 Å². The molecule has 156 valence electrons. The first-order chi connectivity index (χ1) is 15.2. The van der Waals surface area contributed by atoms with Gasteiger partial charge in [0.05, 0.1) is 24.6 Å². The second-order valence-corrected chi connectivity index (χ2v) is 7.18. The van der Waals surface area contributed by atoms with Gasteiger partial charge in [-0.2, -0.15) is 5.10 Å². The summed E-state index contributed by atoms with van der Waals surface area (Å²) in [5.41, 5.74) is 4.19. The number of H-pyrrole nitrogens is 1. The van der Waals surface area contributed by atoms with Crippen LogP contribution in [0.3, 0.4) is 0 Å². The van der Waals surface area contributed by atoms with Crippen molar-refractivity contribution in [1.29, 1.82) is 0 Å². The molecule has 2 N–H and O–H groups in total. The number of carbonyl (C=O) groups is 1. The zero-order chi connectivity index (χ0) is 21.2. The largest absolute Gasteiger partial charge is 0.378 e. The smallest absolute Gasteiger partial charge is 0.254 e. The topological polar surface area (TPSA) is 105 Å². The Morgan fingerprint density at radius 2 is 1.87 bits per heavy atom. The fourth-order valence-corrected chi connectivity index (χ4v) is 3.63. The third kappa shape index (κ3) is 3.78. The second-order valence-electron chi connectivity index (χ2n) is 7.18. The SMILES string of the molecule is O=C(c1ccc(Nc2ccc(-c3cc[nH]c(=O)c3)n3ncnc23)cc1)N1CCOCC1. The van der Waals surface area contributed by atoms with Gasteiger partial charge in [0.1, 0.15) is 6.33 Å². The van der Waals surface area contributed by atoms with Crippen molar-refractivity contribution in [3.8, 4) is 11.3 Å². The number of hydrogen-bond acceptors (Lipinski definition) is 6. The van der Waals surface area contributed by atoms with Gasteiger partial charge in [0, 0.05) is 42.2 Å². The molecule has 0 atom stereocenters. The molecule has 1 fully saturated rings. The highest BCUT2D eigenvalue weighted by atomic mass is 16.5. The number of aromatic nitrogens is 4. The van der Waals surface area contributed by atoms with Gasteiger partial charge in [-0.25, -0.2) is 9.50 Å². The Hall–Kier alpha value is -3.98. The zero-order valence-electron chi connectivity index (χ0n) is 16.6. The van der Waals surface area contributed by atoms with Gasteiger partial charge in [-0.3, -0.25) is 9.59 Å². The molecule has 1 amide bonds. The highest BCUT2D eigenvalue weighted by Gasteiger charge is 2.18. The average Bonchev–Trinajstić information content (AvgIpc) is 3.30. The number of anilines is 2. The number of benzene rings is 1. The number of rotatable bonds is 4. The highest BCUT2D eigenvalue weighted by molar-refractivity contribution is 5.94. The number of carbonyl (C=O) groups excluding carboxylic acids is 1. The molecule has 0 bridgehead atoms. The van der Waals surface area contributed by atoms with E-state index in [0.717, 1.165) is 22.6 Å². The summed E-state index contributed by atoms with van der Waals surface area (Å²) < 4.78 is 7.00. The molecule has 4 heterocycles. The Kier molecular flexibility index (Phi) is 4.93. The first-order valence-electron chi connectivity index (χ1n) is 9.95. The number of fused-ring (bicyclic) bond motifs is 1. The molecule has 1 aliphatic heterocycles. The van der Waals surface area contributed by atoms with Crippen molar-refractivity contribution < 1.29 is 9.53 Å². The van der Waals surface area contributed by atoms with E-state index in [1.807, 2.05) is 42.5 Å². The van der Waals surface area contributed by atoms with Gasteiger partial charge >= 0.3 is 0 Å². The summed E-state index contributed by atoms with van der Waals surface area (Å²) in [6, 6.07) is 14.5. The van der Waals surface area contributed by atoms with E-state index in [0.29, 0.717) is 37.5 Å². The molecular weight excluding hydrogens is 396 g/mol. The summed E-state index contributed by atoms with van der Waals surface area (Å²) >= 11 is 0. The minimum atomic E-state index is -0.181.